The molecule has 0 atom stereocenters. The molecule has 0 saturated carbocycles. The van der Waals surface area contributed by atoms with E-state index in [1.54, 1.807) is 22.7 Å². The molecule has 0 saturated heterocycles. The summed E-state index contributed by atoms with van der Waals surface area (Å²) in [5, 5.41) is 11.2. The van der Waals surface area contributed by atoms with Crippen LogP contribution >= 0.6 is 34.4 Å². The molecule has 3 aromatic rings. The number of aromatic nitrogens is 1. The predicted octanol–water partition coefficient (Wildman–Crippen LogP) is 5.01. The zero-order chi connectivity index (χ0) is 13.1. The maximum Gasteiger partial charge on any atom is 0.156 e. The van der Waals surface area contributed by atoms with Gasteiger partial charge in [0.15, 0.2) is 4.34 Å². The first-order valence-corrected chi connectivity index (χ1v) is 8.05. The number of para-hydroxylation sites is 1. The van der Waals surface area contributed by atoms with Crippen LogP contribution in [0.1, 0.15) is 4.88 Å². The van der Waals surface area contributed by atoms with Crippen molar-refractivity contribution < 1.29 is 0 Å². The van der Waals surface area contributed by atoms with E-state index in [0.29, 0.717) is 4.91 Å². The lowest BCUT2D eigenvalue weighted by atomic mass is 10.3. The normalized spacial score (nSPS) is 11.6. The molecule has 0 amide bonds. The highest BCUT2D eigenvalue weighted by Gasteiger charge is 2.07. The van der Waals surface area contributed by atoms with Gasteiger partial charge in [-0.2, -0.15) is 5.26 Å². The molecule has 0 aliphatic heterocycles. The van der Waals surface area contributed by atoms with E-state index >= 15 is 0 Å². The fourth-order valence-corrected chi connectivity index (χ4v) is 4.27. The number of benzene rings is 1. The molecule has 1 aromatic carbocycles. The maximum absolute atomic E-state index is 9.20. The molecule has 0 fully saturated rings. The van der Waals surface area contributed by atoms with E-state index in [1.165, 1.54) is 11.8 Å². The Balaban J connectivity index is 1.89. The number of thioether (sulfide) groups is 1. The second-order valence-electron chi connectivity index (χ2n) is 3.69. The third-order valence-corrected chi connectivity index (χ3v) is 5.24. The van der Waals surface area contributed by atoms with Crippen LogP contribution in [0.3, 0.4) is 0 Å². The van der Waals surface area contributed by atoms with Gasteiger partial charge in [0, 0.05) is 4.88 Å². The van der Waals surface area contributed by atoms with Gasteiger partial charge in [0.2, 0.25) is 0 Å². The SMILES string of the molecule is N#C/C(=C\c1cccs1)Sc1nc2ccccc2s1. The number of hydrogen-bond acceptors (Lipinski definition) is 5. The van der Waals surface area contributed by atoms with Gasteiger partial charge in [0.25, 0.3) is 0 Å². The van der Waals surface area contributed by atoms with Crippen molar-refractivity contribution >= 4 is 50.7 Å². The molecular weight excluding hydrogens is 292 g/mol. The van der Waals surface area contributed by atoms with Crippen LogP contribution in [0.4, 0.5) is 0 Å². The Kier molecular flexibility index (Phi) is 3.65. The van der Waals surface area contributed by atoms with Gasteiger partial charge in [-0.05, 0) is 41.4 Å². The minimum atomic E-state index is 0.668. The maximum atomic E-state index is 9.20. The summed E-state index contributed by atoms with van der Waals surface area (Å²) in [6, 6.07) is 14.2. The van der Waals surface area contributed by atoms with Crippen molar-refractivity contribution in [3.8, 4) is 6.07 Å². The van der Waals surface area contributed by atoms with Crippen molar-refractivity contribution in [2.75, 3.05) is 0 Å². The lowest BCUT2D eigenvalue weighted by molar-refractivity contribution is 1.31. The predicted molar refractivity (Wildman–Crippen MR) is 83.4 cm³/mol. The number of nitriles is 1. The molecule has 0 aliphatic carbocycles. The van der Waals surface area contributed by atoms with Crippen LogP contribution in [-0.2, 0) is 0 Å². The van der Waals surface area contributed by atoms with Crippen LogP contribution in [0, 0.1) is 11.3 Å². The molecule has 92 valence electrons. The molecule has 5 heteroatoms. The summed E-state index contributed by atoms with van der Waals surface area (Å²) in [6.07, 6.45) is 1.90. The number of fused-ring (bicyclic) bond motifs is 1. The van der Waals surface area contributed by atoms with Gasteiger partial charge in [-0.15, -0.1) is 22.7 Å². The summed E-state index contributed by atoms with van der Waals surface area (Å²) in [5.41, 5.74) is 0.989. The Morgan fingerprint density at radius 3 is 2.89 bits per heavy atom. The van der Waals surface area contributed by atoms with Crippen LogP contribution in [0.5, 0.6) is 0 Å². The van der Waals surface area contributed by atoms with Crippen molar-refractivity contribution in [1.29, 1.82) is 5.26 Å². The van der Waals surface area contributed by atoms with Gasteiger partial charge in [-0.3, -0.25) is 0 Å². The van der Waals surface area contributed by atoms with Crippen LogP contribution < -0.4 is 0 Å². The monoisotopic (exact) mass is 300 g/mol. The summed E-state index contributed by atoms with van der Waals surface area (Å²) < 4.78 is 2.06. The smallest absolute Gasteiger partial charge is 0.156 e. The topological polar surface area (TPSA) is 36.7 Å². The number of allylic oxidation sites excluding steroid dienone is 1. The highest BCUT2D eigenvalue weighted by atomic mass is 32.2. The quantitative estimate of drug-likeness (QED) is 0.503. The molecule has 2 aromatic heterocycles. The van der Waals surface area contributed by atoms with Gasteiger partial charge in [0.1, 0.15) is 6.07 Å². The van der Waals surface area contributed by atoms with E-state index in [2.05, 4.69) is 11.1 Å². The molecule has 3 rings (SSSR count). The van der Waals surface area contributed by atoms with Gasteiger partial charge < -0.3 is 0 Å². The van der Waals surface area contributed by atoms with Gasteiger partial charge in [-0.25, -0.2) is 4.98 Å². The van der Waals surface area contributed by atoms with E-state index in [4.69, 9.17) is 0 Å². The van der Waals surface area contributed by atoms with E-state index in [1.807, 2.05) is 47.9 Å². The summed E-state index contributed by atoms with van der Waals surface area (Å²) >= 11 is 4.67. The van der Waals surface area contributed by atoms with Gasteiger partial charge in [0.05, 0.1) is 15.1 Å². The minimum absolute atomic E-state index is 0.668. The first-order chi connectivity index (χ1) is 9.35. The zero-order valence-corrected chi connectivity index (χ0v) is 12.2. The van der Waals surface area contributed by atoms with Crippen LogP contribution in [-0.4, -0.2) is 4.98 Å². The summed E-state index contributed by atoms with van der Waals surface area (Å²) in [4.78, 5) is 6.28. The van der Waals surface area contributed by atoms with Crippen LogP contribution in [0.25, 0.3) is 16.3 Å². The number of rotatable bonds is 3. The Bertz CT molecular complexity index is 730. The summed E-state index contributed by atoms with van der Waals surface area (Å²) in [5.74, 6) is 0. The Morgan fingerprint density at radius 1 is 1.26 bits per heavy atom. The fourth-order valence-electron chi connectivity index (χ4n) is 1.58. The highest BCUT2D eigenvalue weighted by molar-refractivity contribution is 8.05. The molecule has 2 nitrogen and oxygen atoms in total. The lowest BCUT2D eigenvalue weighted by Crippen LogP contribution is -1.72. The van der Waals surface area contributed by atoms with Crippen molar-refractivity contribution in [2.24, 2.45) is 0 Å². The standard InChI is InChI=1S/C14H8N2S3/c15-9-11(8-10-4-3-7-17-10)18-14-16-12-5-1-2-6-13(12)19-14/h1-8H/b11-8+. The van der Waals surface area contributed by atoms with E-state index in [0.717, 1.165) is 19.4 Å². The molecule has 19 heavy (non-hydrogen) atoms. The van der Waals surface area contributed by atoms with Gasteiger partial charge >= 0.3 is 0 Å². The highest BCUT2D eigenvalue weighted by Crippen LogP contribution is 2.34. The molecule has 0 unspecified atom stereocenters. The second kappa shape index (κ2) is 5.57. The molecule has 0 bridgehead atoms. The molecular formula is C14H8N2S3. The Hall–Kier alpha value is -1.61. The summed E-state index contributed by atoms with van der Waals surface area (Å²) in [6.45, 7) is 0. The van der Waals surface area contributed by atoms with E-state index in [9.17, 15) is 5.26 Å². The molecule has 2 heterocycles. The van der Waals surface area contributed by atoms with Crippen molar-refractivity contribution in [3.63, 3.8) is 0 Å². The van der Waals surface area contributed by atoms with Crippen LogP contribution in [0.15, 0.2) is 51.0 Å². The van der Waals surface area contributed by atoms with Crippen LogP contribution in [0.2, 0.25) is 0 Å². The van der Waals surface area contributed by atoms with Gasteiger partial charge in [-0.1, -0.05) is 18.2 Å². The Morgan fingerprint density at radius 2 is 2.16 bits per heavy atom. The average Bonchev–Trinajstić information content (AvgIpc) is 3.06. The lowest BCUT2D eigenvalue weighted by Gasteiger charge is -1.92. The average molecular weight is 300 g/mol. The number of hydrogen-bond donors (Lipinski definition) is 0. The van der Waals surface area contributed by atoms with Crippen molar-refractivity contribution in [3.05, 3.63) is 51.6 Å². The third-order valence-electron chi connectivity index (χ3n) is 2.40. The zero-order valence-electron chi connectivity index (χ0n) is 9.74. The van der Waals surface area contributed by atoms with Crippen molar-refractivity contribution in [2.45, 2.75) is 4.34 Å². The first-order valence-electron chi connectivity index (χ1n) is 5.54. The molecule has 0 aliphatic rings. The second-order valence-corrected chi connectivity index (χ2v) is 6.98. The third kappa shape index (κ3) is 2.87. The Labute approximate surface area is 123 Å². The molecule has 0 spiro atoms. The molecule has 0 radical (unpaired) electrons. The number of thiophene rings is 1. The fraction of sp³-hybridized carbons (Fsp3) is 0. The molecule has 0 N–H and O–H groups in total. The largest absolute Gasteiger partial charge is 0.229 e. The van der Waals surface area contributed by atoms with E-state index in [-0.39, 0.29) is 0 Å². The number of thiazole rings is 1. The number of nitrogens with zero attached hydrogens (tertiary/aromatic N) is 2. The van der Waals surface area contributed by atoms with E-state index < -0.39 is 0 Å². The summed E-state index contributed by atoms with van der Waals surface area (Å²) in [7, 11) is 0. The van der Waals surface area contributed by atoms with Crippen molar-refractivity contribution in [1.82, 2.24) is 4.98 Å². The first kappa shape index (κ1) is 12.4. The minimum Gasteiger partial charge on any atom is -0.229 e.